The molecule has 0 saturated carbocycles. The van der Waals surface area contributed by atoms with Gasteiger partial charge in [0, 0.05) is 20.8 Å². The van der Waals surface area contributed by atoms with Gasteiger partial charge in [-0.15, -0.1) is 0 Å². The maximum Gasteiger partial charge on any atom is 0.302 e. The monoisotopic (exact) mass is 464 g/mol. The van der Waals surface area contributed by atoms with E-state index in [4.69, 9.17) is 0 Å². The molecule has 32 heavy (non-hydrogen) atoms. The first kappa shape index (κ1) is 40.7. The van der Waals surface area contributed by atoms with E-state index in [-0.39, 0.29) is 17.9 Å². The number of esters is 3. The van der Waals surface area contributed by atoms with Gasteiger partial charge in [0.1, 0.15) is 0 Å². The lowest BCUT2D eigenvalue weighted by molar-refractivity contribution is -0.141. The molecular weight excluding hydrogens is 408 g/mol. The fourth-order valence-electron chi connectivity index (χ4n) is 1.96. The molecule has 0 aromatic heterocycles. The Morgan fingerprint density at radius 3 is 0.656 bits per heavy atom. The lowest BCUT2D eigenvalue weighted by Crippen LogP contribution is -1.95. The Kier molecular flexibility index (Phi) is 55.1. The fourth-order valence-corrected chi connectivity index (χ4v) is 1.96. The third-order valence-corrected chi connectivity index (χ3v) is 3.46. The molecule has 0 unspecified atom stereocenters. The van der Waals surface area contributed by atoms with Gasteiger partial charge in [-0.3, -0.25) is 14.4 Å². The minimum Gasteiger partial charge on any atom is -0.466 e. The Balaban J connectivity index is -0.0000000951. The van der Waals surface area contributed by atoms with Gasteiger partial charge in [-0.2, -0.15) is 0 Å². The van der Waals surface area contributed by atoms with Crippen molar-refractivity contribution >= 4 is 17.9 Å². The van der Waals surface area contributed by atoms with Gasteiger partial charge < -0.3 is 14.2 Å². The number of hydrogen-bond donors (Lipinski definition) is 0. The van der Waals surface area contributed by atoms with Crippen molar-refractivity contribution in [2.45, 2.75) is 133 Å². The van der Waals surface area contributed by atoms with Crippen LogP contribution in [0.15, 0.2) is 0 Å². The predicted molar refractivity (Wildman–Crippen MR) is 136 cm³/mol. The van der Waals surface area contributed by atoms with Crippen molar-refractivity contribution in [1.82, 2.24) is 0 Å². The molecule has 0 rings (SSSR count). The molecule has 0 aromatic rings. The summed E-state index contributed by atoms with van der Waals surface area (Å²) in [6, 6.07) is 0. The molecule has 0 N–H and O–H groups in total. The highest BCUT2D eigenvalue weighted by molar-refractivity contribution is 5.66. The Morgan fingerprint density at radius 2 is 0.594 bits per heavy atom. The van der Waals surface area contributed by atoms with E-state index in [0.29, 0.717) is 19.8 Å². The molecule has 0 atom stereocenters. The normalized spacial score (nSPS) is 8.44. The van der Waals surface area contributed by atoms with Crippen LogP contribution < -0.4 is 0 Å². The Labute approximate surface area is 200 Å². The fraction of sp³-hybridized carbons (Fsp3) is 0.885. The first-order chi connectivity index (χ1) is 15.1. The minimum atomic E-state index is -0.211. The maximum atomic E-state index is 9.82. The van der Waals surface area contributed by atoms with Gasteiger partial charge in [0.15, 0.2) is 0 Å². The van der Waals surface area contributed by atoms with E-state index in [1.807, 2.05) is 0 Å². The second-order valence-electron chi connectivity index (χ2n) is 6.90. The molecule has 0 amide bonds. The van der Waals surface area contributed by atoms with Crippen molar-refractivity contribution in [2.75, 3.05) is 19.8 Å². The Bertz CT molecular complexity index is 300. The summed E-state index contributed by atoms with van der Waals surface area (Å²) in [5, 5.41) is 0. The average molecular weight is 465 g/mol. The van der Waals surface area contributed by atoms with Gasteiger partial charge in [0.05, 0.1) is 19.8 Å². The van der Waals surface area contributed by atoms with Crippen LogP contribution in [-0.4, -0.2) is 37.7 Å². The molecule has 0 saturated heterocycles. The smallest absolute Gasteiger partial charge is 0.302 e. The van der Waals surface area contributed by atoms with E-state index in [9.17, 15) is 14.4 Å². The summed E-state index contributed by atoms with van der Waals surface area (Å²) in [5.74, 6) is -0.632. The molecule has 196 valence electrons. The van der Waals surface area contributed by atoms with E-state index in [0.717, 1.165) is 0 Å². The van der Waals surface area contributed by atoms with Crippen molar-refractivity contribution in [3.8, 4) is 0 Å². The highest BCUT2D eigenvalue weighted by Crippen LogP contribution is 2.00. The largest absolute Gasteiger partial charge is 0.466 e. The average Bonchev–Trinajstić information content (AvgIpc) is 2.70. The molecule has 0 fully saturated rings. The van der Waals surface area contributed by atoms with Crippen LogP contribution in [0.2, 0.25) is 0 Å². The molecule has 0 bridgehead atoms. The zero-order valence-electron chi connectivity index (χ0n) is 23.1. The topological polar surface area (TPSA) is 78.9 Å². The van der Waals surface area contributed by atoms with Crippen molar-refractivity contribution < 1.29 is 28.6 Å². The zero-order chi connectivity index (χ0) is 26.0. The molecule has 0 radical (unpaired) electrons. The molecule has 0 aliphatic carbocycles. The molecule has 0 aromatic carbocycles. The Morgan fingerprint density at radius 1 is 0.406 bits per heavy atom. The van der Waals surface area contributed by atoms with Gasteiger partial charge in [-0.25, -0.2) is 0 Å². The number of hydrogen-bond acceptors (Lipinski definition) is 6. The highest BCUT2D eigenvalue weighted by Gasteiger charge is 1.83. The van der Waals surface area contributed by atoms with Crippen LogP contribution in [0.5, 0.6) is 0 Å². The third kappa shape index (κ3) is 89.9. The second kappa shape index (κ2) is 43.3. The molecule has 6 heteroatoms. The summed E-state index contributed by atoms with van der Waals surface area (Å²) in [6.45, 7) is 19.9. The molecule has 0 aliphatic rings. The molecular formula is C26H56O6. The van der Waals surface area contributed by atoms with Crippen LogP contribution >= 0.6 is 0 Å². The number of rotatable bonds is 11. The second-order valence-corrected chi connectivity index (χ2v) is 6.90. The van der Waals surface area contributed by atoms with Crippen LogP contribution in [0, 0.1) is 0 Å². The van der Waals surface area contributed by atoms with Gasteiger partial charge >= 0.3 is 17.9 Å². The van der Waals surface area contributed by atoms with Crippen LogP contribution in [0.25, 0.3) is 0 Å². The lowest BCUT2D eigenvalue weighted by atomic mass is 10.2. The zero-order valence-corrected chi connectivity index (χ0v) is 23.1. The number of carbonyl (C=O) groups is 3. The van der Waals surface area contributed by atoms with Gasteiger partial charge in [0.25, 0.3) is 0 Å². The Hall–Kier alpha value is -1.59. The lowest BCUT2D eigenvalue weighted by Gasteiger charge is -1.90. The summed E-state index contributed by atoms with van der Waals surface area (Å²) in [5.41, 5.74) is 0. The van der Waals surface area contributed by atoms with Crippen LogP contribution in [0.3, 0.4) is 0 Å². The van der Waals surface area contributed by atoms with Gasteiger partial charge in [-0.1, -0.05) is 91.9 Å². The standard InChI is InChI=1S/2C7H16.3C4H8O2/c2*1-3-5-7-6-4-2;3*1-3-6-4(2)5/h2*3-7H2,1-2H3;3*3H2,1-2H3. The van der Waals surface area contributed by atoms with Crippen molar-refractivity contribution in [1.29, 1.82) is 0 Å². The van der Waals surface area contributed by atoms with Gasteiger partial charge in [0.2, 0.25) is 0 Å². The quantitative estimate of drug-likeness (QED) is 0.177. The molecule has 0 spiro atoms. The van der Waals surface area contributed by atoms with Crippen LogP contribution in [0.4, 0.5) is 0 Å². The van der Waals surface area contributed by atoms with E-state index < -0.39 is 0 Å². The van der Waals surface area contributed by atoms with E-state index >= 15 is 0 Å². The SMILES string of the molecule is CCCCCCC.CCCCCCC.CCOC(C)=O.CCOC(C)=O.CCOC(C)=O. The summed E-state index contributed by atoms with van der Waals surface area (Å²) in [7, 11) is 0. The first-order valence-corrected chi connectivity index (χ1v) is 12.5. The van der Waals surface area contributed by atoms with Crippen molar-refractivity contribution in [3.05, 3.63) is 0 Å². The summed E-state index contributed by atoms with van der Waals surface area (Å²) < 4.78 is 13.2. The summed E-state index contributed by atoms with van der Waals surface area (Å²) in [4.78, 5) is 29.5. The van der Waals surface area contributed by atoms with Crippen LogP contribution in [-0.2, 0) is 28.6 Å². The predicted octanol–water partition coefficient (Wildman–Crippen LogP) is 7.66. The highest BCUT2D eigenvalue weighted by atomic mass is 16.5. The van der Waals surface area contributed by atoms with E-state index in [1.165, 1.54) is 85.0 Å². The number of carbonyl (C=O) groups excluding carboxylic acids is 3. The van der Waals surface area contributed by atoms with E-state index in [1.54, 1.807) is 20.8 Å². The summed E-state index contributed by atoms with van der Waals surface area (Å²) in [6.07, 6.45) is 14.0. The number of ether oxygens (including phenoxy) is 3. The molecule has 0 heterocycles. The summed E-state index contributed by atoms with van der Waals surface area (Å²) >= 11 is 0. The number of unbranched alkanes of at least 4 members (excludes halogenated alkanes) is 8. The van der Waals surface area contributed by atoms with Crippen molar-refractivity contribution in [3.63, 3.8) is 0 Å². The van der Waals surface area contributed by atoms with Crippen LogP contribution in [0.1, 0.15) is 133 Å². The van der Waals surface area contributed by atoms with E-state index in [2.05, 4.69) is 41.9 Å². The molecule has 6 nitrogen and oxygen atoms in total. The third-order valence-electron chi connectivity index (χ3n) is 3.46. The van der Waals surface area contributed by atoms with Crippen molar-refractivity contribution in [2.24, 2.45) is 0 Å². The molecule has 0 aliphatic heterocycles. The minimum absolute atomic E-state index is 0.211. The maximum absolute atomic E-state index is 9.82. The van der Waals surface area contributed by atoms with Gasteiger partial charge in [-0.05, 0) is 20.8 Å². The first-order valence-electron chi connectivity index (χ1n) is 12.5.